The van der Waals surface area contributed by atoms with Gasteiger partial charge < -0.3 is 9.80 Å². The van der Waals surface area contributed by atoms with E-state index < -0.39 is 0 Å². The largest absolute Gasteiger partial charge is 0.331 e. The minimum atomic E-state index is 0.0889. The molecule has 2 aromatic rings. The van der Waals surface area contributed by atoms with Gasteiger partial charge in [-0.25, -0.2) is 0 Å². The van der Waals surface area contributed by atoms with Gasteiger partial charge in [0, 0.05) is 24.6 Å². The average Bonchev–Trinajstić information content (AvgIpc) is 2.57. The third-order valence-electron chi connectivity index (χ3n) is 4.61. The molecule has 1 heterocycles. The van der Waals surface area contributed by atoms with Crippen LogP contribution in [0.4, 0.5) is 0 Å². The van der Waals surface area contributed by atoms with Crippen LogP contribution in [0.25, 0.3) is 0 Å². The summed E-state index contributed by atoms with van der Waals surface area (Å²) in [7, 11) is 4.19. The topological polar surface area (TPSA) is 23.6 Å². The van der Waals surface area contributed by atoms with Crippen LogP contribution in [0.2, 0.25) is 0 Å². The van der Waals surface area contributed by atoms with Gasteiger partial charge in [-0.15, -0.1) is 0 Å². The van der Waals surface area contributed by atoms with Gasteiger partial charge in [0.1, 0.15) is 0 Å². The SMILES string of the molecule is CCN1C(=O)c2ccccc2[C@@H](CN(C)C)[C@@H]1c1ccccc1. The number of benzene rings is 2. The third kappa shape index (κ3) is 2.89. The Bertz CT molecular complexity index is 681. The van der Waals surface area contributed by atoms with E-state index in [9.17, 15) is 4.79 Å². The fourth-order valence-electron chi connectivity index (χ4n) is 3.68. The van der Waals surface area contributed by atoms with Crippen molar-refractivity contribution in [3.05, 3.63) is 71.3 Å². The second-order valence-electron chi connectivity index (χ2n) is 6.40. The number of nitrogens with zero attached hydrogens (tertiary/aromatic N) is 2. The van der Waals surface area contributed by atoms with Crippen LogP contribution in [0.3, 0.4) is 0 Å². The molecule has 0 unspecified atom stereocenters. The van der Waals surface area contributed by atoms with Crippen LogP contribution < -0.4 is 0 Å². The Kier molecular flexibility index (Phi) is 4.49. The Morgan fingerprint density at radius 3 is 2.30 bits per heavy atom. The van der Waals surface area contributed by atoms with Crippen LogP contribution in [-0.2, 0) is 0 Å². The maximum atomic E-state index is 13.0. The lowest BCUT2D eigenvalue weighted by Gasteiger charge is -2.43. The summed E-state index contributed by atoms with van der Waals surface area (Å²) in [5.41, 5.74) is 3.24. The Morgan fingerprint density at radius 1 is 1.00 bits per heavy atom. The summed E-state index contributed by atoms with van der Waals surface area (Å²) in [5.74, 6) is 0.424. The molecule has 1 aliphatic heterocycles. The molecule has 3 rings (SSSR count). The quantitative estimate of drug-likeness (QED) is 0.862. The molecule has 0 fully saturated rings. The Balaban J connectivity index is 2.15. The molecule has 0 saturated carbocycles. The number of rotatable bonds is 4. The molecule has 23 heavy (non-hydrogen) atoms. The summed E-state index contributed by atoms with van der Waals surface area (Å²) in [4.78, 5) is 17.2. The number of carbonyl (C=O) groups is 1. The standard InChI is InChI=1S/C20H24N2O/c1-4-22-19(15-10-6-5-7-11-15)18(14-21(2)3)16-12-8-9-13-17(16)20(22)23/h5-13,18-19H,4,14H2,1-3H3/t18-,19+/m1/s1. The molecular weight excluding hydrogens is 284 g/mol. The molecule has 120 valence electrons. The van der Waals surface area contributed by atoms with Crippen molar-refractivity contribution in [2.24, 2.45) is 0 Å². The maximum absolute atomic E-state index is 13.0. The van der Waals surface area contributed by atoms with Crippen molar-refractivity contribution < 1.29 is 4.79 Å². The van der Waals surface area contributed by atoms with Gasteiger partial charge in [0.15, 0.2) is 0 Å². The molecule has 1 aliphatic rings. The first-order valence-corrected chi connectivity index (χ1v) is 8.23. The third-order valence-corrected chi connectivity index (χ3v) is 4.61. The first-order chi connectivity index (χ1) is 11.1. The number of carbonyl (C=O) groups excluding carboxylic acids is 1. The number of amides is 1. The van der Waals surface area contributed by atoms with E-state index in [1.807, 2.05) is 29.2 Å². The molecule has 0 N–H and O–H groups in total. The highest BCUT2D eigenvalue weighted by molar-refractivity contribution is 5.97. The van der Waals surface area contributed by atoms with Gasteiger partial charge in [0.05, 0.1) is 6.04 Å². The van der Waals surface area contributed by atoms with Gasteiger partial charge in [-0.1, -0.05) is 48.5 Å². The molecule has 2 atom stereocenters. The average molecular weight is 308 g/mol. The van der Waals surface area contributed by atoms with E-state index >= 15 is 0 Å². The van der Waals surface area contributed by atoms with Crippen LogP contribution in [0.1, 0.15) is 40.4 Å². The normalized spacial score (nSPS) is 20.7. The Hall–Kier alpha value is -2.13. The summed E-state index contributed by atoms with van der Waals surface area (Å²) in [5, 5.41) is 0. The molecule has 1 amide bonds. The van der Waals surface area contributed by atoms with Gasteiger partial charge in [-0.05, 0) is 38.2 Å². The highest BCUT2D eigenvalue weighted by Gasteiger charge is 2.39. The Morgan fingerprint density at radius 2 is 1.65 bits per heavy atom. The first kappa shape index (κ1) is 15.8. The van der Waals surface area contributed by atoms with Gasteiger partial charge in [-0.2, -0.15) is 0 Å². The van der Waals surface area contributed by atoms with E-state index in [4.69, 9.17) is 0 Å². The zero-order valence-corrected chi connectivity index (χ0v) is 14.1. The van der Waals surface area contributed by atoms with Crippen molar-refractivity contribution in [1.82, 2.24) is 9.80 Å². The van der Waals surface area contributed by atoms with E-state index in [0.29, 0.717) is 0 Å². The van der Waals surface area contributed by atoms with Crippen LogP contribution in [-0.4, -0.2) is 42.9 Å². The lowest BCUT2D eigenvalue weighted by molar-refractivity contribution is 0.0605. The molecule has 3 heteroatoms. The number of fused-ring (bicyclic) bond motifs is 1. The molecule has 0 saturated heterocycles. The van der Waals surface area contributed by atoms with Crippen molar-refractivity contribution in [3.8, 4) is 0 Å². The van der Waals surface area contributed by atoms with Gasteiger partial charge in [0.2, 0.25) is 0 Å². The minimum absolute atomic E-state index is 0.0889. The number of likely N-dealkylation sites (N-methyl/N-ethyl adjacent to an activating group) is 2. The monoisotopic (exact) mass is 308 g/mol. The van der Waals surface area contributed by atoms with Crippen LogP contribution in [0, 0.1) is 0 Å². The molecule has 0 spiro atoms. The first-order valence-electron chi connectivity index (χ1n) is 8.23. The Labute approximate surface area is 138 Å². The summed E-state index contributed by atoms with van der Waals surface area (Å²) in [6, 6.07) is 18.6. The van der Waals surface area contributed by atoms with Crippen molar-refractivity contribution >= 4 is 5.91 Å². The summed E-state index contributed by atoms with van der Waals surface area (Å²) >= 11 is 0. The smallest absolute Gasteiger partial charge is 0.254 e. The second-order valence-corrected chi connectivity index (χ2v) is 6.40. The van der Waals surface area contributed by atoms with Crippen LogP contribution >= 0.6 is 0 Å². The predicted molar refractivity (Wildman–Crippen MR) is 93.6 cm³/mol. The summed E-state index contributed by atoms with van der Waals surface area (Å²) in [6.45, 7) is 3.70. The highest BCUT2D eigenvalue weighted by Crippen LogP contribution is 2.42. The predicted octanol–water partition coefficient (Wildman–Crippen LogP) is 3.55. The summed E-state index contributed by atoms with van der Waals surface area (Å²) < 4.78 is 0. The lowest BCUT2D eigenvalue weighted by atomic mass is 9.79. The summed E-state index contributed by atoms with van der Waals surface area (Å²) in [6.07, 6.45) is 0. The van der Waals surface area contributed by atoms with Gasteiger partial charge in [0.25, 0.3) is 5.91 Å². The van der Waals surface area contributed by atoms with Gasteiger partial charge in [-0.3, -0.25) is 4.79 Å². The highest BCUT2D eigenvalue weighted by atomic mass is 16.2. The van der Waals surface area contributed by atoms with Crippen molar-refractivity contribution in [1.29, 1.82) is 0 Å². The van der Waals surface area contributed by atoms with E-state index in [1.54, 1.807) is 0 Å². The van der Waals surface area contributed by atoms with Crippen molar-refractivity contribution in [3.63, 3.8) is 0 Å². The van der Waals surface area contributed by atoms with E-state index in [1.165, 1.54) is 11.1 Å². The molecule has 0 aliphatic carbocycles. The molecule has 0 aromatic heterocycles. The number of hydrogen-bond donors (Lipinski definition) is 0. The minimum Gasteiger partial charge on any atom is -0.331 e. The zero-order chi connectivity index (χ0) is 16.4. The van der Waals surface area contributed by atoms with Crippen LogP contribution in [0.5, 0.6) is 0 Å². The molecule has 0 radical (unpaired) electrons. The van der Waals surface area contributed by atoms with E-state index in [2.05, 4.69) is 56.3 Å². The van der Waals surface area contributed by atoms with E-state index in [0.717, 1.165) is 18.7 Å². The van der Waals surface area contributed by atoms with Gasteiger partial charge >= 0.3 is 0 Å². The lowest BCUT2D eigenvalue weighted by Crippen LogP contribution is -2.45. The number of hydrogen-bond acceptors (Lipinski definition) is 2. The maximum Gasteiger partial charge on any atom is 0.254 e. The second kappa shape index (κ2) is 6.55. The van der Waals surface area contributed by atoms with Crippen molar-refractivity contribution in [2.45, 2.75) is 18.9 Å². The van der Waals surface area contributed by atoms with Crippen molar-refractivity contribution in [2.75, 3.05) is 27.2 Å². The van der Waals surface area contributed by atoms with Crippen LogP contribution in [0.15, 0.2) is 54.6 Å². The zero-order valence-electron chi connectivity index (χ0n) is 14.1. The fourth-order valence-corrected chi connectivity index (χ4v) is 3.68. The molecule has 3 nitrogen and oxygen atoms in total. The molecule has 0 bridgehead atoms. The molecular formula is C20H24N2O. The fraction of sp³-hybridized carbons (Fsp3) is 0.350. The van der Waals surface area contributed by atoms with E-state index in [-0.39, 0.29) is 17.9 Å². The molecule has 2 aromatic carbocycles.